The first-order valence-electron chi connectivity index (χ1n) is 3.64. The fourth-order valence-electron chi connectivity index (χ4n) is 0.977. The van der Waals surface area contributed by atoms with Crippen molar-refractivity contribution in [3.05, 3.63) is 23.5 Å². The molecule has 0 atom stereocenters. The van der Waals surface area contributed by atoms with Crippen LogP contribution in [0.5, 0.6) is 0 Å². The molecule has 1 aromatic rings. The van der Waals surface area contributed by atoms with Gasteiger partial charge in [-0.05, 0) is 0 Å². The van der Waals surface area contributed by atoms with E-state index in [0.717, 1.165) is 11.5 Å². The third kappa shape index (κ3) is 1.50. The molecule has 0 spiro atoms. The molecular weight excluding hydrogens is 201 g/mol. The Hall–Kier alpha value is -0.780. The maximum atomic E-state index is 12.6. The predicted molar refractivity (Wildman–Crippen MR) is 42.0 cm³/mol. The van der Waals surface area contributed by atoms with Crippen LogP contribution in [0.4, 0.5) is 13.2 Å². The minimum absolute atomic E-state index is 0.0328. The molecule has 0 N–H and O–H groups in total. The highest BCUT2D eigenvalue weighted by atomic mass is 32.2. The van der Waals surface area contributed by atoms with Gasteiger partial charge in [-0.15, -0.1) is 0 Å². The van der Waals surface area contributed by atoms with E-state index in [1.54, 1.807) is 11.8 Å². The van der Waals surface area contributed by atoms with Crippen molar-refractivity contribution in [3.8, 4) is 0 Å². The molecule has 0 saturated carbocycles. The molecule has 2 heterocycles. The van der Waals surface area contributed by atoms with E-state index < -0.39 is 17.7 Å². The molecule has 6 heteroatoms. The van der Waals surface area contributed by atoms with Gasteiger partial charge in [0.1, 0.15) is 5.82 Å². The third-order valence-corrected chi connectivity index (χ3v) is 3.07. The Labute approximate surface area is 76.6 Å². The molecule has 1 aliphatic rings. The lowest BCUT2D eigenvalue weighted by Gasteiger charge is -2.22. The van der Waals surface area contributed by atoms with Crippen LogP contribution in [0.25, 0.3) is 0 Å². The van der Waals surface area contributed by atoms with Gasteiger partial charge in [0.15, 0.2) is 0 Å². The quantitative estimate of drug-likeness (QED) is 0.654. The fraction of sp³-hybridized carbons (Fsp3) is 0.429. The standard InChI is InChI=1S/C7H5F3N2S/c8-4-5(9)11-7(12-6(4)10)3-1-13-2-3/h3H,1-2H2. The van der Waals surface area contributed by atoms with Crippen LogP contribution in [0.1, 0.15) is 11.7 Å². The first-order valence-corrected chi connectivity index (χ1v) is 4.80. The van der Waals surface area contributed by atoms with Gasteiger partial charge in [0.25, 0.3) is 11.9 Å². The van der Waals surface area contributed by atoms with Crippen LogP contribution in [0.3, 0.4) is 0 Å². The summed E-state index contributed by atoms with van der Waals surface area (Å²) in [5.41, 5.74) is 0. The Kier molecular flexibility index (Phi) is 2.15. The second kappa shape index (κ2) is 3.17. The summed E-state index contributed by atoms with van der Waals surface area (Å²) >= 11 is 1.64. The topological polar surface area (TPSA) is 25.8 Å². The fourth-order valence-corrected chi connectivity index (χ4v) is 1.75. The average molecular weight is 206 g/mol. The zero-order chi connectivity index (χ0) is 9.42. The van der Waals surface area contributed by atoms with E-state index in [1.807, 2.05) is 0 Å². The molecule has 1 aromatic heterocycles. The van der Waals surface area contributed by atoms with E-state index in [-0.39, 0.29) is 11.7 Å². The summed E-state index contributed by atoms with van der Waals surface area (Å²) in [4.78, 5) is 6.50. The second-order valence-corrected chi connectivity index (χ2v) is 3.79. The van der Waals surface area contributed by atoms with Crippen molar-refractivity contribution in [2.45, 2.75) is 5.92 Å². The SMILES string of the molecule is Fc1nc(C2CSC2)nc(F)c1F. The van der Waals surface area contributed by atoms with Gasteiger partial charge in [-0.3, -0.25) is 0 Å². The van der Waals surface area contributed by atoms with E-state index >= 15 is 0 Å². The number of rotatable bonds is 1. The summed E-state index contributed by atoms with van der Waals surface area (Å²) in [7, 11) is 0. The molecule has 1 fully saturated rings. The summed E-state index contributed by atoms with van der Waals surface area (Å²) < 4.78 is 37.6. The minimum Gasteiger partial charge on any atom is -0.201 e. The normalized spacial score (nSPS) is 17.2. The lowest BCUT2D eigenvalue weighted by atomic mass is 10.2. The predicted octanol–water partition coefficient (Wildman–Crippen LogP) is 1.72. The number of thioether (sulfide) groups is 1. The third-order valence-electron chi connectivity index (χ3n) is 1.79. The highest BCUT2D eigenvalue weighted by Gasteiger charge is 2.26. The van der Waals surface area contributed by atoms with Crippen molar-refractivity contribution in [2.24, 2.45) is 0 Å². The Bertz CT molecular complexity index is 318. The summed E-state index contributed by atoms with van der Waals surface area (Å²) in [6, 6.07) is 0. The summed E-state index contributed by atoms with van der Waals surface area (Å²) in [5, 5.41) is 0. The number of hydrogen-bond donors (Lipinski definition) is 0. The maximum absolute atomic E-state index is 12.6. The second-order valence-electron chi connectivity index (χ2n) is 2.71. The van der Waals surface area contributed by atoms with Crippen molar-refractivity contribution in [1.29, 1.82) is 0 Å². The smallest absolute Gasteiger partial charge is 0.201 e. The monoisotopic (exact) mass is 206 g/mol. The van der Waals surface area contributed by atoms with Gasteiger partial charge in [-0.25, -0.2) is 9.97 Å². The first-order chi connectivity index (χ1) is 6.18. The number of halogens is 3. The highest BCUT2D eigenvalue weighted by molar-refractivity contribution is 8.00. The highest BCUT2D eigenvalue weighted by Crippen LogP contribution is 2.32. The Morgan fingerprint density at radius 3 is 2.00 bits per heavy atom. The van der Waals surface area contributed by atoms with Gasteiger partial charge in [0.05, 0.1) is 0 Å². The van der Waals surface area contributed by atoms with Crippen LogP contribution in [-0.2, 0) is 0 Å². The molecular formula is C7H5F3N2S. The molecule has 0 bridgehead atoms. The van der Waals surface area contributed by atoms with Crippen molar-refractivity contribution >= 4 is 11.8 Å². The summed E-state index contributed by atoms with van der Waals surface area (Å²) in [5.74, 6) is -2.89. The van der Waals surface area contributed by atoms with E-state index in [9.17, 15) is 13.2 Å². The molecule has 1 aliphatic heterocycles. The van der Waals surface area contributed by atoms with Gasteiger partial charge < -0.3 is 0 Å². The van der Waals surface area contributed by atoms with Crippen molar-refractivity contribution in [3.63, 3.8) is 0 Å². The van der Waals surface area contributed by atoms with Crippen LogP contribution in [0.15, 0.2) is 0 Å². The zero-order valence-corrected chi connectivity index (χ0v) is 7.24. The zero-order valence-electron chi connectivity index (χ0n) is 6.43. The van der Waals surface area contributed by atoms with Gasteiger partial charge in [0.2, 0.25) is 5.82 Å². The van der Waals surface area contributed by atoms with Crippen molar-refractivity contribution in [1.82, 2.24) is 9.97 Å². The molecule has 13 heavy (non-hydrogen) atoms. The molecule has 2 nitrogen and oxygen atoms in total. The molecule has 1 saturated heterocycles. The first kappa shape index (κ1) is 8.80. The average Bonchev–Trinajstić information content (AvgIpc) is 1.96. The van der Waals surface area contributed by atoms with E-state index in [2.05, 4.69) is 9.97 Å². The maximum Gasteiger partial charge on any atom is 0.255 e. The van der Waals surface area contributed by atoms with Crippen LogP contribution in [-0.4, -0.2) is 21.5 Å². The van der Waals surface area contributed by atoms with Crippen LogP contribution >= 0.6 is 11.8 Å². The lowest BCUT2D eigenvalue weighted by Crippen LogP contribution is -2.20. The van der Waals surface area contributed by atoms with Gasteiger partial charge in [-0.1, -0.05) is 0 Å². The van der Waals surface area contributed by atoms with Gasteiger partial charge >= 0.3 is 0 Å². The summed E-state index contributed by atoms with van der Waals surface area (Å²) in [6.45, 7) is 0. The van der Waals surface area contributed by atoms with Gasteiger partial charge in [0, 0.05) is 17.4 Å². The summed E-state index contributed by atoms with van der Waals surface area (Å²) in [6.07, 6.45) is 0. The van der Waals surface area contributed by atoms with Crippen molar-refractivity contribution < 1.29 is 13.2 Å². The lowest BCUT2D eigenvalue weighted by molar-refractivity contribution is 0.396. The molecule has 0 radical (unpaired) electrons. The molecule has 0 amide bonds. The minimum atomic E-state index is -1.60. The number of aromatic nitrogens is 2. The van der Waals surface area contributed by atoms with Crippen LogP contribution in [0, 0.1) is 17.7 Å². The van der Waals surface area contributed by atoms with E-state index in [1.165, 1.54) is 0 Å². The van der Waals surface area contributed by atoms with Crippen molar-refractivity contribution in [2.75, 3.05) is 11.5 Å². The van der Waals surface area contributed by atoms with E-state index in [4.69, 9.17) is 0 Å². The number of hydrogen-bond acceptors (Lipinski definition) is 3. The van der Waals surface area contributed by atoms with Crippen LogP contribution < -0.4 is 0 Å². The van der Waals surface area contributed by atoms with E-state index in [0.29, 0.717) is 0 Å². The molecule has 0 unspecified atom stereocenters. The molecule has 0 aliphatic carbocycles. The Morgan fingerprint density at radius 1 is 1.08 bits per heavy atom. The molecule has 2 rings (SSSR count). The van der Waals surface area contributed by atoms with Crippen LogP contribution in [0.2, 0.25) is 0 Å². The Balaban J connectivity index is 2.37. The molecule has 0 aromatic carbocycles. The largest absolute Gasteiger partial charge is 0.255 e. The number of nitrogens with zero attached hydrogens (tertiary/aromatic N) is 2. The molecule has 70 valence electrons. The Morgan fingerprint density at radius 2 is 1.62 bits per heavy atom. The van der Waals surface area contributed by atoms with Gasteiger partial charge in [-0.2, -0.15) is 24.9 Å².